The number of ether oxygens (including phenoxy) is 3. The smallest absolute Gasteiger partial charge is 0.309 e. The highest BCUT2D eigenvalue weighted by atomic mass is 16.6. The summed E-state index contributed by atoms with van der Waals surface area (Å²) in [5, 5.41) is 0. The van der Waals surface area contributed by atoms with Gasteiger partial charge >= 0.3 is 11.9 Å². The Bertz CT molecular complexity index is 574. The van der Waals surface area contributed by atoms with E-state index in [4.69, 9.17) is 14.2 Å². The van der Waals surface area contributed by atoms with E-state index in [9.17, 15) is 9.59 Å². The maximum Gasteiger partial charge on any atom is 0.309 e. The molecule has 0 N–H and O–H groups in total. The van der Waals surface area contributed by atoms with E-state index in [-0.39, 0.29) is 18.4 Å². The molecule has 1 rings (SSSR count). The quantitative estimate of drug-likeness (QED) is 0.640. The lowest BCUT2D eigenvalue weighted by Crippen LogP contribution is -2.39. The first-order valence-electron chi connectivity index (χ1n) is 9.13. The number of esters is 2. The predicted molar refractivity (Wildman–Crippen MR) is 101 cm³/mol. The van der Waals surface area contributed by atoms with Crippen LogP contribution in [0.3, 0.4) is 0 Å². The van der Waals surface area contributed by atoms with Gasteiger partial charge in [-0.05, 0) is 45.7 Å². The van der Waals surface area contributed by atoms with Crippen LogP contribution >= 0.6 is 0 Å². The van der Waals surface area contributed by atoms with Gasteiger partial charge in [0, 0.05) is 0 Å². The molecule has 0 saturated carbocycles. The van der Waals surface area contributed by atoms with Crippen molar-refractivity contribution >= 4 is 11.9 Å². The SMILES string of the molecule is CC(C)[C@H](Oc1ccccc1)[C@H](C)OC(=O)[C@H](C)CC(=O)OC(C)(C)C. The lowest BCUT2D eigenvalue weighted by atomic mass is 10.0. The van der Waals surface area contributed by atoms with Gasteiger partial charge in [-0.3, -0.25) is 9.59 Å². The first kappa shape index (κ1) is 22.0. The summed E-state index contributed by atoms with van der Waals surface area (Å²) < 4.78 is 16.8. The van der Waals surface area contributed by atoms with Crippen molar-refractivity contribution in [3.63, 3.8) is 0 Å². The van der Waals surface area contributed by atoms with Gasteiger partial charge in [0.2, 0.25) is 0 Å². The molecule has 26 heavy (non-hydrogen) atoms. The fourth-order valence-corrected chi connectivity index (χ4v) is 2.51. The van der Waals surface area contributed by atoms with Crippen molar-refractivity contribution in [1.29, 1.82) is 0 Å². The van der Waals surface area contributed by atoms with Crippen LogP contribution in [0.1, 0.15) is 54.9 Å². The summed E-state index contributed by atoms with van der Waals surface area (Å²) in [7, 11) is 0. The van der Waals surface area contributed by atoms with Gasteiger partial charge in [-0.25, -0.2) is 0 Å². The summed E-state index contributed by atoms with van der Waals surface area (Å²) in [6, 6.07) is 9.45. The fourth-order valence-electron chi connectivity index (χ4n) is 2.51. The average molecular weight is 364 g/mol. The molecule has 0 spiro atoms. The zero-order chi connectivity index (χ0) is 19.9. The van der Waals surface area contributed by atoms with Crippen LogP contribution < -0.4 is 4.74 Å². The third-order valence-electron chi connectivity index (χ3n) is 3.73. The number of carbonyl (C=O) groups excluding carboxylic acids is 2. The first-order chi connectivity index (χ1) is 12.0. The second-order valence-electron chi connectivity index (χ2n) is 7.97. The van der Waals surface area contributed by atoms with Gasteiger partial charge in [-0.2, -0.15) is 0 Å². The monoisotopic (exact) mass is 364 g/mol. The summed E-state index contributed by atoms with van der Waals surface area (Å²) in [4.78, 5) is 24.2. The standard InChI is InChI=1S/C21H32O5/c1-14(2)19(25-17-11-9-8-10-12-17)16(4)24-20(23)15(3)13-18(22)26-21(5,6)7/h8-12,14-16,19H,13H2,1-7H3/t15-,16+,19+/m1/s1. The molecule has 0 radical (unpaired) electrons. The van der Waals surface area contributed by atoms with E-state index in [0.717, 1.165) is 5.75 Å². The van der Waals surface area contributed by atoms with Gasteiger partial charge in [0.05, 0.1) is 12.3 Å². The van der Waals surface area contributed by atoms with Crippen LogP contribution in [0.25, 0.3) is 0 Å². The highest BCUT2D eigenvalue weighted by Crippen LogP contribution is 2.21. The molecule has 5 nitrogen and oxygen atoms in total. The lowest BCUT2D eigenvalue weighted by Gasteiger charge is -2.29. The number of carbonyl (C=O) groups is 2. The van der Waals surface area contributed by atoms with E-state index in [0.29, 0.717) is 0 Å². The Labute approximate surface area is 157 Å². The molecule has 0 bridgehead atoms. The summed E-state index contributed by atoms with van der Waals surface area (Å²) in [5.41, 5.74) is -0.569. The predicted octanol–water partition coefficient (Wildman–Crippen LogP) is 4.39. The molecular formula is C21H32O5. The lowest BCUT2D eigenvalue weighted by molar-refractivity contribution is -0.165. The van der Waals surface area contributed by atoms with E-state index in [1.807, 2.05) is 51.1 Å². The van der Waals surface area contributed by atoms with Crippen molar-refractivity contribution in [1.82, 2.24) is 0 Å². The molecule has 1 aromatic rings. The Morgan fingerprint density at radius 1 is 1.00 bits per heavy atom. The molecule has 0 aromatic heterocycles. The van der Waals surface area contributed by atoms with E-state index >= 15 is 0 Å². The maximum atomic E-state index is 12.3. The van der Waals surface area contributed by atoms with Gasteiger partial charge in [-0.15, -0.1) is 0 Å². The normalized spacial score (nSPS) is 15.1. The van der Waals surface area contributed by atoms with Crippen molar-refractivity contribution in [2.45, 2.75) is 72.7 Å². The Morgan fingerprint density at radius 3 is 2.08 bits per heavy atom. The van der Waals surface area contributed by atoms with Crippen molar-refractivity contribution in [3.8, 4) is 5.75 Å². The molecule has 5 heteroatoms. The van der Waals surface area contributed by atoms with Gasteiger partial charge in [-0.1, -0.05) is 39.0 Å². The summed E-state index contributed by atoms with van der Waals surface area (Å²) in [5.74, 6) is -0.520. The molecule has 0 aliphatic heterocycles. The molecule has 0 aliphatic rings. The third-order valence-corrected chi connectivity index (χ3v) is 3.73. The topological polar surface area (TPSA) is 61.8 Å². The molecule has 3 atom stereocenters. The van der Waals surface area contributed by atoms with E-state index in [2.05, 4.69) is 0 Å². The maximum absolute atomic E-state index is 12.3. The molecule has 146 valence electrons. The molecule has 0 fully saturated rings. The van der Waals surface area contributed by atoms with E-state index in [1.54, 1.807) is 27.7 Å². The minimum atomic E-state index is -0.572. The summed E-state index contributed by atoms with van der Waals surface area (Å²) in [6.45, 7) is 12.9. The second kappa shape index (κ2) is 9.60. The molecular weight excluding hydrogens is 332 g/mol. The molecule has 1 aromatic carbocycles. The van der Waals surface area contributed by atoms with Crippen LogP contribution in [0, 0.1) is 11.8 Å². The summed E-state index contributed by atoms with van der Waals surface area (Å²) >= 11 is 0. The van der Waals surface area contributed by atoms with Gasteiger partial charge in [0.15, 0.2) is 0 Å². The Balaban J connectivity index is 2.63. The van der Waals surface area contributed by atoms with Gasteiger partial charge in [0.25, 0.3) is 0 Å². The largest absolute Gasteiger partial charge is 0.486 e. The van der Waals surface area contributed by atoms with Crippen molar-refractivity contribution in [3.05, 3.63) is 30.3 Å². The molecule has 0 aliphatic carbocycles. The fraction of sp³-hybridized carbons (Fsp3) is 0.619. The van der Waals surface area contributed by atoms with Crippen molar-refractivity contribution < 1.29 is 23.8 Å². The van der Waals surface area contributed by atoms with Crippen LogP contribution in [-0.2, 0) is 19.1 Å². The number of para-hydroxylation sites is 1. The average Bonchev–Trinajstić information content (AvgIpc) is 2.51. The van der Waals surface area contributed by atoms with E-state index in [1.165, 1.54) is 0 Å². The number of hydrogen-bond donors (Lipinski definition) is 0. The van der Waals surface area contributed by atoms with Crippen molar-refractivity contribution in [2.75, 3.05) is 0 Å². The molecule has 0 heterocycles. The van der Waals surface area contributed by atoms with E-state index < -0.39 is 29.6 Å². The van der Waals surface area contributed by atoms with Crippen LogP contribution in [-0.4, -0.2) is 29.7 Å². The second-order valence-corrected chi connectivity index (χ2v) is 7.97. The third kappa shape index (κ3) is 7.89. The van der Waals surface area contributed by atoms with Gasteiger partial charge in [0.1, 0.15) is 23.6 Å². The Morgan fingerprint density at radius 2 is 1.58 bits per heavy atom. The zero-order valence-corrected chi connectivity index (χ0v) is 16.9. The van der Waals surface area contributed by atoms with Crippen LogP contribution in [0.4, 0.5) is 0 Å². The van der Waals surface area contributed by atoms with Crippen LogP contribution in [0.15, 0.2) is 30.3 Å². The zero-order valence-electron chi connectivity index (χ0n) is 16.9. The number of rotatable bonds is 8. The molecule has 0 unspecified atom stereocenters. The molecule has 0 amide bonds. The first-order valence-corrected chi connectivity index (χ1v) is 9.13. The highest BCUT2D eigenvalue weighted by molar-refractivity contribution is 5.79. The van der Waals surface area contributed by atoms with Gasteiger partial charge < -0.3 is 14.2 Å². The van der Waals surface area contributed by atoms with Crippen molar-refractivity contribution in [2.24, 2.45) is 11.8 Å². The van der Waals surface area contributed by atoms with Crippen LogP contribution in [0.5, 0.6) is 5.75 Å². The minimum absolute atomic E-state index is 0.00525. The number of hydrogen-bond acceptors (Lipinski definition) is 5. The Kier molecular flexibility index (Phi) is 8.12. The minimum Gasteiger partial charge on any atom is -0.486 e. The molecule has 0 saturated heterocycles. The number of benzene rings is 1. The van der Waals surface area contributed by atoms with Crippen LogP contribution in [0.2, 0.25) is 0 Å². The Hall–Kier alpha value is -2.04. The summed E-state index contributed by atoms with van der Waals surface area (Å²) in [6.07, 6.45) is -0.729. The highest BCUT2D eigenvalue weighted by Gasteiger charge is 2.29.